The molecule has 0 aliphatic carbocycles. The van der Waals surface area contributed by atoms with Crippen molar-refractivity contribution in [2.24, 2.45) is 5.73 Å². The zero-order chi connectivity index (χ0) is 23.7. The molecule has 0 radical (unpaired) electrons. The van der Waals surface area contributed by atoms with Gasteiger partial charge in [0.1, 0.15) is 11.4 Å². The van der Waals surface area contributed by atoms with E-state index >= 15 is 0 Å². The topological polar surface area (TPSA) is 135 Å². The van der Waals surface area contributed by atoms with Crippen LogP contribution in [0, 0.1) is 0 Å². The first-order chi connectivity index (χ1) is 15.8. The summed E-state index contributed by atoms with van der Waals surface area (Å²) in [4.78, 5) is 37.8. The van der Waals surface area contributed by atoms with Crippen molar-refractivity contribution in [3.63, 3.8) is 0 Å². The predicted molar refractivity (Wildman–Crippen MR) is 131 cm³/mol. The van der Waals surface area contributed by atoms with Crippen LogP contribution >= 0.6 is 11.6 Å². The molecule has 1 aliphatic heterocycles. The number of nitrogens with two attached hydrogens (primary N) is 2. The molecule has 3 aromatic rings. The fourth-order valence-corrected chi connectivity index (χ4v) is 4.43. The van der Waals surface area contributed by atoms with Gasteiger partial charge in [-0.1, -0.05) is 18.5 Å². The lowest BCUT2D eigenvalue weighted by Crippen LogP contribution is -2.46. The number of benzene rings is 1. The van der Waals surface area contributed by atoms with Crippen LogP contribution in [0.4, 0.5) is 23.1 Å². The molecule has 0 spiro atoms. The van der Waals surface area contributed by atoms with Crippen LogP contribution in [0.15, 0.2) is 29.2 Å². The second-order valence-corrected chi connectivity index (χ2v) is 8.25. The van der Waals surface area contributed by atoms with E-state index in [1.807, 2.05) is 25.1 Å². The first kappa shape index (κ1) is 22.8. The van der Waals surface area contributed by atoms with Crippen molar-refractivity contribution in [1.82, 2.24) is 19.4 Å². The second-order valence-electron chi connectivity index (χ2n) is 7.84. The van der Waals surface area contributed by atoms with Crippen molar-refractivity contribution >= 4 is 51.7 Å². The van der Waals surface area contributed by atoms with Gasteiger partial charge in [0.05, 0.1) is 16.1 Å². The minimum atomic E-state index is -0.880. The van der Waals surface area contributed by atoms with Crippen LogP contribution in [0.1, 0.15) is 24.2 Å². The SMILES string of the molecule is CCN1CCN(c2ccc(Nc3ncc4c(=O)c(C(N)=O)c(N)n(CC)c4n3)cc2Cl)CC1. The number of halogens is 1. The maximum Gasteiger partial charge on any atom is 0.256 e. The highest BCUT2D eigenvalue weighted by Crippen LogP contribution is 2.30. The summed E-state index contributed by atoms with van der Waals surface area (Å²) in [6.45, 7) is 9.33. The van der Waals surface area contributed by atoms with Gasteiger partial charge in [0, 0.05) is 44.6 Å². The highest BCUT2D eigenvalue weighted by atomic mass is 35.5. The first-order valence-corrected chi connectivity index (χ1v) is 11.2. The Labute approximate surface area is 196 Å². The van der Waals surface area contributed by atoms with Gasteiger partial charge in [0.15, 0.2) is 5.65 Å². The third-order valence-corrected chi connectivity index (χ3v) is 6.27. The number of aryl methyl sites for hydroxylation is 1. The van der Waals surface area contributed by atoms with Crippen LogP contribution in [-0.4, -0.2) is 58.1 Å². The number of nitrogens with zero attached hydrogens (tertiary/aromatic N) is 5. The predicted octanol–water partition coefficient (Wildman–Crippen LogP) is 2.03. The summed E-state index contributed by atoms with van der Waals surface area (Å²) in [5.41, 5.74) is 12.6. The molecule has 1 saturated heterocycles. The van der Waals surface area contributed by atoms with E-state index in [0.29, 0.717) is 22.9 Å². The lowest BCUT2D eigenvalue weighted by molar-refractivity contribution is 0.1000. The fourth-order valence-electron chi connectivity index (χ4n) is 4.13. The number of anilines is 4. The van der Waals surface area contributed by atoms with E-state index in [0.717, 1.165) is 38.4 Å². The molecule has 1 amide bonds. The summed E-state index contributed by atoms with van der Waals surface area (Å²) in [5.74, 6) is -0.618. The Balaban J connectivity index is 1.63. The number of hydrogen-bond donors (Lipinski definition) is 3. The second kappa shape index (κ2) is 9.24. The zero-order valence-corrected chi connectivity index (χ0v) is 19.4. The standard InChI is InChI=1S/C22H27ClN8O2/c1-3-29-7-9-30(10-8-29)16-6-5-13(11-15(16)23)27-22-26-12-14-18(32)17(20(25)33)19(24)31(4-2)21(14)28-22/h5-6,11-12H,3-4,7-10,24H2,1-2H3,(H2,25,33)(H,26,27,28). The molecule has 4 rings (SSSR count). The molecule has 2 aromatic heterocycles. The maximum atomic E-state index is 12.7. The molecule has 3 heterocycles. The third-order valence-electron chi connectivity index (χ3n) is 5.97. The molecule has 0 unspecified atom stereocenters. The van der Waals surface area contributed by atoms with Gasteiger partial charge < -0.3 is 31.2 Å². The smallest absolute Gasteiger partial charge is 0.256 e. The van der Waals surface area contributed by atoms with Gasteiger partial charge in [0.25, 0.3) is 5.91 Å². The number of likely N-dealkylation sites (N-methyl/N-ethyl adjacent to an activating group) is 1. The van der Waals surface area contributed by atoms with Crippen molar-refractivity contribution in [2.45, 2.75) is 20.4 Å². The van der Waals surface area contributed by atoms with Crippen LogP contribution in [0.5, 0.6) is 0 Å². The monoisotopic (exact) mass is 470 g/mol. The molecule has 11 heteroatoms. The number of piperazine rings is 1. The van der Waals surface area contributed by atoms with E-state index in [4.69, 9.17) is 23.1 Å². The molecular formula is C22H27ClN8O2. The molecule has 1 aromatic carbocycles. The van der Waals surface area contributed by atoms with E-state index in [2.05, 4.69) is 32.0 Å². The third kappa shape index (κ3) is 4.31. The number of carbonyl (C=O) groups excluding carboxylic acids is 1. The number of fused-ring (bicyclic) bond motifs is 1. The van der Waals surface area contributed by atoms with E-state index in [1.165, 1.54) is 6.20 Å². The average Bonchev–Trinajstić information content (AvgIpc) is 2.79. The molecule has 0 atom stereocenters. The Morgan fingerprint density at radius 2 is 1.91 bits per heavy atom. The molecular weight excluding hydrogens is 444 g/mol. The molecule has 5 N–H and O–H groups in total. The zero-order valence-electron chi connectivity index (χ0n) is 18.6. The Morgan fingerprint density at radius 3 is 2.52 bits per heavy atom. The highest BCUT2D eigenvalue weighted by molar-refractivity contribution is 6.33. The molecule has 0 bridgehead atoms. The van der Waals surface area contributed by atoms with Gasteiger partial charge >= 0.3 is 0 Å². The van der Waals surface area contributed by atoms with Crippen LogP contribution < -0.4 is 27.1 Å². The number of primary amides is 1. The molecule has 174 valence electrons. The summed E-state index contributed by atoms with van der Waals surface area (Å²) >= 11 is 6.59. The van der Waals surface area contributed by atoms with Gasteiger partial charge in [-0.05, 0) is 31.7 Å². The van der Waals surface area contributed by atoms with Crippen LogP contribution in [0.2, 0.25) is 5.02 Å². The lowest BCUT2D eigenvalue weighted by atomic mass is 10.1. The largest absolute Gasteiger partial charge is 0.384 e. The normalized spacial score (nSPS) is 14.6. The number of amides is 1. The fraction of sp³-hybridized carbons (Fsp3) is 0.364. The van der Waals surface area contributed by atoms with Crippen LogP contribution in [0.3, 0.4) is 0 Å². The summed E-state index contributed by atoms with van der Waals surface area (Å²) < 4.78 is 1.57. The minimum absolute atomic E-state index is 0.0114. The van der Waals surface area contributed by atoms with E-state index in [1.54, 1.807) is 4.57 Å². The van der Waals surface area contributed by atoms with Crippen LogP contribution in [-0.2, 0) is 6.54 Å². The maximum absolute atomic E-state index is 12.7. The quantitative estimate of drug-likeness (QED) is 0.498. The number of nitrogen functional groups attached to an aromatic ring is 1. The molecule has 0 saturated carbocycles. The van der Waals surface area contributed by atoms with Gasteiger partial charge in [-0.2, -0.15) is 4.98 Å². The Morgan fingerprint density at radius 1 is 1.18 bits per heavy atom. The van der Waals surface area contributed by atoms with Gasteiger partial charge in [-0.15, -0.1) is 0 Å². The summed E-state index contributed by atoms with van der Waals surface area (Å²) in [6.07, 6.45) is 1.37. The van der Waals surface area contributed by atoms with Crippen molar-refractivity contribution in [3.8, 4) is 0 Å². The van der Waals surface area contributed by atoms with Gasteiger partial charge in [-0.3, -0.25) is 9.59 Å². The number of rotatable bonds is 6. The minimum Gasteiger partial charge on any atom is -0.384 e. The van der Waals surface area contributed by atoms with Crippen molar-refractivity contribution in [1.29, 1.82) is 0 Å². The van der Waals surface area contributed by atoms with E-state index < -0.39 is 11.3 Å². The van der Waals surface area contributed by atoms with Crippen molar-refractivity contribution < 1.29 is 4.79 Å². The average molecular weight is 471 g/mol. The van der Waals surface area contributed by atoms with Gasteiger partial charge in [0.2, 0.25) is 11.4 Å². The number of hydrogen-bond acceptors (Lipinski definition) is 8. The molecule has 10 nitrogen and oxygen atoms in total. The van der Waals surface area contributed by atoms with Gasteiger partial charge in [-0.25, -0.2) is 4.98 Å². The summed E-state index contributed by atoms with van der Waals surface area (Å²) in [7, 11) is 0. The lowest BCUT2D eigenvalue weighted by Gasteiger charge is -2.36. The molecule has 33 heavy (non-hydrogen) atoms. The van der Waals surface area contributed by atoms with Crippen molar-refractivity contribution in [3.05, 3.63) is 45.2 Å². The number of carbonyl (C=O) groups is 1. The van der Waals surface area contributed by atoms with Crippen LogP contribution in [0.25, 0.3) is 11.0 Å². The number of pyridine rings is 1. The Hall–Kier alpha value is -3.37. The summed E-state index contributed by atoms with van der Waals surface area (Å²) in [5, 5.41) is 3.93. The number of aromatic nitrogens is 3. The molecule has 1 aliphatic rings. The summed E-state index contributed by atoms with van der Waals surface area (Å²) in [6, 6.07) is 5.72. The highest BCUT2D eigenvalue weighted by Gasteiger charge is 2.21. The van der Waals surface area contributed by atoms with E-state index in [9.17, 15) is 9.59 Å². The molecule has 1 fully saturated rings. The van der Waals surface area contributed by atoms with Crippen molar-refractivity contribution in [2.75, 3.05) is 48.7 Å². The Kier molecular flexibility index (Phi) is 6.39. The first-order valence-electron chi connectivity index (χ1n) is 10.9. The number of nitrogens with one attached hydrogen (secondary N) is 1. The Bertz CT molecular complexity index is 1270. The van der Waals surface area contributed by atoms with E-state index in [-0.39, 0.29) is 22.7 Å².